The monoisotopic (exact) mass is 352 g/mol. The Kier molecular flexibility index (Phi) is 5.14. The molecule has 0 aliphatic heterocycles. The first-order valence-corrected chi connectivity index (χ1v) is 8.94. The maximum atomic E-state index is 12.3. The van der Waals surface area contributed by atoms with Crippen molar-refractivity contribution in [2.24, 2.45) is 4.99 Å². The SMILES string of the molecule is CCn1c(=NC(=O)/C=C/c2ccccc2)sc2c(C)ccc(OC)c21. The van der Waals surface area contributed by atoms with E-state index in [4.69, 9.17) is 4.74 Å². The van der Waals surface area contributed by atoms with Gasteiger partial charge in [0.1, 0.15) is 11.3 Å². The second-order valence-electron chi connectivity index (χ2n) is 5.59. The Hall–Kier alpha value is -2.66. The lowest BCUT2D eigenvalue weighted by molar-refractivity contribution is -0.113. The van der Waals surface area contributed by atoms with Crippen LogP contribution in [0.4, 0.5) is 0 Å². The van der Waals surface area contributed by atoms with Crippen molar-refractivity contribution in [3.8, 4) is 5.75 Å². The van der Waals surface area contributed by atoms with Gasteiger partial charge in [0, 0.05) is 12.6 Å². The molecule has 1 aromatic heterocycles. The summed E-state index contributed by atoms with van der Waals surface area (Å²) in [5.74, 6) is 0.529. The minimum Gasteiger partial charge on any atom is -0.495 e. The average molecular weight is 352 g/mol. The lowest BCUT2D eigenvalue weighted by Crippen LogP contribution is -2.15. The summed E-state index contributed by atoms with van der Waals surface area (Å²) >= 11 is 1.52. The van der Waals surface area contributed by atoms with Gasteiger partial charge < -0.3 is 9.30 Å². The third-order valence-electron chi connectivity index (χ3n) is 3.95. The molecule has 0 bridgehead atoms. The van der Waals surface area contributed by atoms with Gasteiger partial charge in [0.05, 0.1) is 11.8 Å². The molecule has 128 valence electrons. The molecule has 2 aromatic carbocycles. The molecule has 0 saturated carbocycles. The molecule has 5 heteroatoms. The lowest BCUT2D eigenvalue weighted by Gasteiger charge is -2.07. The second-order valence-corrected chi connectivity index (χ2v) is 6.56. The Balaban J connectivity index is 2.06. The zero-order valence-electron chi connectivity index (χ0n) is 14.5. The predicted octanol–water partition coefficient (Wildman–Crippen LogP) is 4.18. The van der Waals surface area contributed by atoms with Crippen molar-refractivity contribution in [3.05, 3.63) is 64.5 Å². The van der Waals surface area contributed by atoms with E-state index in [1.807, 2.05) is 54.0 Å². The number of methoxy groups -OCH3 is 1. The van der Waals surface area contributed by atoms with Crippen LogP contribution in [0.5, 0.6) is 5.75 Å². The van der Waals surface area contributed by atoms with Crippen molar-refractivity contribution >= 4 is 33.5 Å². The van der Waals surface area contributed by atoms with Crippen LogP contribution in [0.1, 0.15) is 18.1 Å². The summed E-state index contributed by atoms with van der Waals surface area (Å²) in [6.07, 6.45) is 3.28. The van der Waals surface area contributed by atoms with Crippen molar-refractivity contribution < 1.29 is 9.53 Å². The number of nitrogens with zero attached hydrogens (tertiary/aromatic N) is 2. The van der Waals surface area contributed by atoms with Gasteiger partial charge in [-0.25, -0.2) is 0 Å². The van der Waals surface area contributed by atoms with Gasteiger partial charge in [0.15, 0.2) is 4.80 Å². The van der Waals surface area contributed by atoms with E-state index in [0.717, 1.165) is 27.1 Å². The molecule has 0 aliphatic rings. The van der Waals surface area contributed by atoms with E-state index in [-0.39, 0.29) is 5.91 Å². The Bertz CT molecular complexity index is 998. The number of rotatable bonds is 4. The number of fused-ring (bicyclic) bond motifs is 1. The van der Waals surface area contributed by atoms with E-state index in [1.165, 1.54) is 17.4 Å². The molecule has 0 aliphatic carbocycles. The van der Waals surface area contributed by atoms with Gasteiger partial charge in [-0.15, -0.1) is 0 Å². The van der Waals surface area contributed by atoms with E-state index >= 15 is 0 Å². The molecule has 1 heterocycles. The van der Waals surface area contributed by atoms with Gasteiger partial charge in [-0.3, -0.25) is 4.79 Å². The third-order valence-corrected chi connectivity index (χ3v) is 5.16. The molecule has 4 nitrogen and oxygen atoms in total. The van der Waals surface area contributed by atoms with E-state index in [1.54, 1.807) is 13.2 Å². The number of aromatic nitrogens is 1. The number of benzene rings is 2. The summed E-state index contributed by atoms with van der Waals surface area (Å²) in [6.45, 7) is 4.81. The molecule has 0 fully saturated rings. The number of thiazole rings is 1. The number of ether oxygens (including phenoxy) is 1. The van der Waals surface area contributed by atoms with Gasteiger partial charge in [-0.05, 0) is 37.1 Å². The summed E-state index contributed by atoms with van der Waals surface area (Å²) in [4.78, 5) is 17.3. The van der Waals surface area contributed by atoms with Gasteiger partial charge in [-0.2, -0.15) is 4.99 Å². The van der Waals surface area contributed by atoms with Crippen molar-refractivity contribution in [1.29, 1.82) is 0 Å². The molecular formula is C20H20N2O2S. The number of hydrogen-bond acceptors (Lipinski definition) is 3. The van der Waals surface area contributed by atoms with Crippen LogP contribution >= 0.6 is 11.3 Å². The molecule has 3 aromatic rings. The number of carbonyl (C=O) groups is 1. The highest BCUT2D eigenvalue weighted by Crippen LogP contribution is 2.30. The lowest BCUT2D eigenvalue weighted by atomic mass is 10.2. The Labute approximate surface area is 150 Å². The van der Waals surface area contributed by atoms with Gasteiger partial charge in [0.2, 0.25) is 0 Å². The third kappa shape index (κ3) is 3.56. The van der Waals surface area contributed by atoms with Crippen LogP contribution in [0.2, 0.25) is 0 Å². The highest BCUT2D eigenvalue weighted by Gasteiger charge is 2.12. The second kappa shape index (κ2) is 7.49. The number of hydrogen-bond donors (Lipinski definition) is 0. The minimum absolute atomic E-state index is 0.269. The molecule has 0 atom stereocenters. The van der Waals surface area contributed by atoms with Crippen LogP contribution < -0.4 is 9.54 Å². The molecule has 0 N–H and O–H groups in total. The Morgan fingerprint density at radius 2 is 2.00 bits per heavy atom. The fourth-order valence-electron chi connectivity index (χ4n) is 2.68. The summed E-state index contributed by atoms with van der Waals surface area (Å²) in [5.41, 5.74) is 3.12. The Morgan fingerprint density at radius 1 is 1.24 bits per heavy atom. The number of carbonyl (C=O) groups excluding carboxylic acids is 1. The van der Waals surface area contributed by atoms with E-state index < -0.39 is 0 Å². The summed E-state index contributed by atoms with van der Waals surface area (Å²) in [6, 6.07) is 13.7. The van der Waals surface area contributed by atoms with E-state index in [0.29, 0.717) is 11.3 Å². The summed E-state index contributed by atoms with van der Waals surface area (Å²) < 4.78 is 8.62. The van der Waals surface area contributed by atoms with Crippen LogP contribution in [-0.4, -0.2) is 17.6 Å². The van der Waals surface area contributed by atoms with Crippen molar-refractivity contribution in [2.45, 2.75) is 20.4 Å². The van der Waals surface area contributed by atoms with Crippen LogP contribution in [0, 0.1) is 6.92 Å². The number of amides is 1. The first-order valence-electron chi connectivity index (χ1n) is 8.12. The highest BCUT2D eigenvalue weighted by molar-refractivity contribution is 7.16. The maximum Gasteiger partial charge on any atom is 0.272 e. The predicted molar refractivity (Wildman–Crippen MR) is 103 cm³/mol. The largest absolute Gasteiger partial charge is 0.495 e. The molecule has 0 spiro atoms. The molecule has 0 radical (unpaired) electrons. The van der Waals surface area contributed by atoms with Gasteiger partial charge in [-0.1, -0.05) is 47.7 Å². The van der Waals surface area contributed by atoms with Crippen LogP contribution in [0.25, 0.3) is 16.3 Å². The number of aryl methyl sites for hydroxylation is 2. The molecule has 0 unspecified atom stereocenters. The van der Waals surface area contributed by atoms with E-state index in [2.05, 4.69) is 11.9 Å². The minimum atomic E-state index is -0.269. The first kappa shape index (κ1) is 17.2. The average Bonchev–Trinajstić information content (AvgIpc) is 3.00. The van der Waals surface area contributed by atoms with Crippen LogP contribution in [-0.2, 0) is 11.3 Å². The zero-order chi connectivity index (χ0) is 17.8. The summed E-state index contributed by atoms with van der Waals surface area (Å²) in [5, 5.41) is 0. The molecule has 0 saturated heterocycles. The first-order chi connectivity index (χ1) is 12.1. The molecule has 3 rings (SSSR count). The molecule has 1 amide bonds. The zero-order valence-corrected chi connectivity index (χ0v) is 15.3. The highest BCUT2D eigenvalue weighted by atomic mass is 32.1. The fourth-order valence-corrected chi connectivity index (χ4v) is 3.87. The topological polar surface area (TPSA) is 43.6 Å². The molecule has 25 heavy (non-hydrogen) atoms. The maximum absolute atomic E-state index is 12.3. The normalized spacial score (nSPS) is 12.2. The van der Waals surface area contributed by atoms with E-state index in [9.17, 15) is 4.79 Å². The van der Waals surface area contributed by atoms with Crippen LogP contribution in [0.3, 0.4) is 0 Å². The molecular weight excluding hydrogens is 332 g/mol. The fraction of sp³-hybridized carbons (Fsp3) is 0.200. The van der Waals surface area contributed by atoms with Gasteiger partial charge in [0.25, 0.3) is 5.91 Å². The summed E-state index contributed by atoms with van der Waals surface area (Å²) in [7, 11) is 1.66. The van der Waals surface area contributed by atoms with Crippen molar-refractivity contribution in [3.63, 3.8) is 0 Å². The Morgan fingerprint density at radius 3 is 2.68 bits per heavy atom. The smallest absolute Gasteiger partial charge is 0.272 e. The standard InChI is InChI=1S/C20H20N2O2S/c1-4-22-18-16(24-3)12-10-14(2)19(18)25-20(22)21-17(23)13-11-15-8-6-5-7-9-15/h5-13H,4H2,1-3H3/b13-11+,21-20?. The van der Waals surface area contributed by atoms with Gasteiger partial charge >= 0.3 is 0 Å². The van der Waals surface area contributed by atoms with Crippen molar-refractivity contribution in [1.82, 2.24) is 4.57 Å². The quantitative estimate of drug-likeness (QED) is 0.661. The van der Waals surface area contributed by atoms with Crippen LogP contribution in [0.15, 0.2) is 53.5 Å². The van der Waals surface area contributed by atoms with Crippen molar-refractivity contribution in [2.75, 3.05) is 7.11 Å².